The van der Waals surface area contributed by atoms with Crippen LogP contribution in [0.25, 0.3) is 21.9 Å². The van der Waals surface area contributed by atoms with Gasteiger partial charge in [-0.1, -0.05) is 0 Å². The van der Waals surface area contributed by atoms with Crippen molar-refractivity contribution in [3.63, 3.8) is 0 Å². The number of nitrogens with zero attached hydrogens (tertiary/aromatic N) is 2. The van der Waals surface area contributed by atoms with Gasteiger partial charge in [0.05, 0.1) is 11.0 Å². The van der Waals surface area contributed by atoms with Crippen molar-refractivity contribution in [2.75, 3.05) is 0 Å². The van der Waals surface area contributed by atoms with Crippen molar-refractivity contribution in [3.8, 4) is 6.07 Å². The first-order chi connectivity index (χ1) is 11.7. The lowest BCUT2D eigenvalue weighted by Gasteiger charge is -2.09. The van der Waals surface area contributed by atoms with Gasteiger partial charge in [0.1, 0.15) is 10.9 Å². The minimum Gasteiger partial charge on any atom is -0.305 e. The van der Waals surface area contributed by atoms with Crippen molar-refractivity contribution in [2.45, 2.75) is 32.6 Å². The van der Waals surface area contributed by atoms with Crippen LogP contribution in [0.3, 0.4) is 0 Å². The van der Waals surface area contributed by atoms with Crippen LogP contribution in [0.15, 0.2) is 16.9 Å². The average Bonchev–Trinajstić information content (AvgIpc) is 3.15. The number of H-pyrrole nitrogens is 1. The summed E-state index contributed by atoms with van der Waals surface area (Å²) in [6.07, 6.45) is 6.07. The van der Waals surface area contributed by atoms with Gasteiger partial charge in [0, 0.05) is 14.6 Å². The Morgan fingerprint density at radius 2 is 2.17 bits per heavy atom. The van der Waals surface area contributed by atoms with E-state index in [-0.39, 0.29) is 5.56 Å². The third-order valence-corrected chi connectivity index (χ3v) is 6.38. The maximum absolute atomic E-state index is 12.6. The summed E-state index contributed by atoms with van der Waals surface area (Å²) in [6, 6.07) is 6.15. The summed E-state index contributed by atoms with van der Waals surface area (Å²) in [5.74, 6) is 0.361. The van der Waals surface area contributed by atoms with Crippen molar-refractivity contribution in [2.24, 2.45) is 0 Å². The van der Waals surface area contributed by atoms with Gasteiger partial charge in [0.25, 0.3) is 5.56 Å². The first kappa shape index (κ1) is 15.3. The van der Waals surface area contributed by atoms with E-state index >= 15 is 0 Å². The van der Waals surface area contributed by atoms with E-state index in [0.29, 0.717) is 11.4 Å². The van der Waals surface area contributed by atoms with E-state index in [1.54, 1.807) is 28.7 Å². The fourth-order valence-electron chi connectivity index (χ4n) is 3.12. The van der Waals surface area contributed by atoms with Crippen molar-refractivity contribution >= 4 is 44.5 Å². The van der Waals surface area contributed by atoms with Crippen LogP contribution in [-0.4, -0.2) is 9.97 Å². The molecule has 6 heteroatoms. The number of thiophene rings is 2. The van der Waals surface area contributed by atoms with E-state index in [1.165, 1.54) is 16.2 Å². The molecule has 1 N–H and O–H groups in total. The summed E-state index contributed by atoms with van der Waals surface area (Å²) in [5, 5.41) is 10.2. The number of hydrogen-bond acceptors (Lipinski definition) is 5. The Balaban J connectivity index is 1.86. The lowest BCUT2D eigenvalue weighted by Crippen LogP contribution is -2.12. The van der Waals surface area contributed by atoms with Gasteiger partial charge in [0.2, 0.25) is 0 Å². The highest BCUT2D eigenvalue weighted by Gasteiger charge is 2.20. The molecular weight excluding hydrogens is 338 g/mol. The number of aromatic nitrogens is 2. The number of nitriles is 1. The third kappa shape index (κ3) is 2.60. The smallest absolute Gasteiger partial charge is 0.260 e. The second kappa shape index (κ2) is 6.00. The van der Waals surface area contributed by atoms with Crippen LogP contribution in [0, 0.1) is 18.3 Å². The maximum atomic E-state index is 12.6. The number of hydrogen-bond donors (Lipinski definition) is 1. The highest BCUT2D eigenvalue weighted by molar-refractivity contribution is 7.18. The van der Waals surface area contributed by atoms with Crippen LogP contribution in [0.5, 0.6) is 0 Å². The molecule has 4 rings (SSSR count). The zero-order chi connectivity index (χ0) is 16.7. The summed E-state index contributed by atoms with van der Waals surface area (Å²) < 4.78 is 0. The quantitative estimate of drug-likeness (QED) is 0.698. The lowest BCUT2D eigenvalue weighted by atomic mass is 9.97. The number of allylic oxidation sites excluding steroid dienone is 1. The molecule has 3 aromatic rings. The van der Waals surface area contributed by atoms with Crippen LogP contribution in [-0.2, 0) is 12.8 Å². The molecule has 0 aromatic carbocycles. The normalized spacial score (nSPS) is 14.6. The molecule has 3 aromatic heterocycles. The summed E-state index contributed by atoms with van der Waals surface area (Å²) in [5.41, 5.74) is 1.43. The largest absolute Gasteiger partial charge is 0.305 e. The molecule has 1 aliphatic rings. The van der Waals surface area contributed by atoms with Gasteiger partial charge in [-0.25, -0.2) is 4.98 Å². The van der Waals surface area contributed by atoms with E-state index in [4.69, 9.17) is 0 Å². The molecule has 1 aliphatic carbocycles. The molecule has 0 saturated carbocycles. The van der Waals surface area contributed by atoms with Crippen LogP contribution >= 0.6 is 22.7 Å². The van der Waals surface area contributed by atoms with E-state index in [1.807, 2.05) is 19.1 Å². The Labute approximate surface area is 147 Å². The van der Waals surface area contributed by atoms with Crippen molar-refractivity contribution in [1.29, 1.82) is 5.26 Å². The van der Waals surface area contributed by atoms with Crippen LogP contribution in [0.1, 0.15) is 38.9 Å². The van der Waals surface area contributed by atoms with E-state index < -0.39 is 0 Å². The molecule has 120 valence electrons. The first-order valence-electron chi connectivity index (χ1n) is 7.89. The summed E-state index contributed by atoms with van der Waals surface area (Å²) in [4.78, 5) is 24.2. The van der Waals surface area contributed by atoms with Crippen molar-refractivity contribution in [3.05, 3.63) is 48.5 Å². The molecular formula is C18H15N3OS2. The van der Waals surface area contributed by atoms with E-state index in [0.717, 1.165) is 39.9 Å². The molecule has 24 heavy (non-hydrogen) atoms. The van der Waals surface area contributed by atoms with Crippen molar-refractivity contribution in [1.82, 2.24) is 9.97 Å². The number of aromatic amines is 1. The standard InChI is InChI=1S/C18H15N3OS2/c1-10-6-7-12(23-10)8-11(9-19)16-20-17(22)15-13-4-2-3-5-14(13)24-18(15)21-16/h6-8H,2-5H2,1H3,(H,20,21,22). The minimum absolute atomic E-state index is 0.127. The first-order valence-corrected chi connectivity index (χ1v) is 9.52. The molecule has 0 amide bonds. The Morgan fingerprint density at radius 3 is 2.92 bits per heavy atom. The minimum atomic E-state index is -0.127. The van der Waals surface area contributed by atoms with Crippen LogP contribution in [0.2, 0.25) is 0 Å². The topological polar surface area (TPSA) is 69.5 Å². The molecule has 3 heterocycles. The van der Waals surface area contributed by atoms with Crippen LogP contribution in [0.4, 0.5) is 0 Å². The van der Waals surface area contributed by atoms with E-state index in [2.05, 4.69) is 16.0 Å². The highest BCUT2D eigenvalue weighted by atomic mass is 32.1. The Kier molecular flexibility index (Phi) is 3.83. The number of rotatable bonds is 2. The highest BCUT2D eigenvalue weighted by Crippen LogP contribution is 2.34. The SMILES string of the molecule is Cc1ccc(C=C(C#N)c2nc3sc4c(c3c(=O)[nH]2)CCCC4)s1. The molecule has 0 unspecified atom stereocenters. The predicted molar refractivity (Wildman–Crippen MR) is 99.4 cm³/mol. The monoisotopic (exact) mass is 353 g/mol. The summed E-state index contributed by atoms with van der Waals surface area (Å²) in [6.45, 7) is 2.02. The molecule has 0 spiro atoms. The van der Waals surface area contributed by atoms with Gasteiger partial charge >= 0.3 is 0 Å². The second-order valence-corrected chi connectivity index (χ2v) is 8.33. The number of aryl methyl sites for hydroxylation is 3. The fourth-order valence-corrected chi connectivity index (χ4v) is 5.20. The maximum Gasteiger partial charge on any atom is 0.260 e. The molecule has 0 saturated heterocycles. The molecule has 4 nitrogen and oxygen atoms in total. The van der Waals surface area contributed by atoms with Crippen molar-refractivity contribution < 1.29 is 0 Å². The summed E-state index contributed by atoms with van der Waals surface area (Å²) in [7, 11) is 0. The predicted octanol–water partition coefficient (Wildman–Crippen LogP) is 4.30. The van der Waals surface area contributed by atoms with Gasteiger partial charge in [-0.15, -0.1) is 22.7 Å². The Morgan fingerprint density at radius 1 is 1.33 bits per heavy atom. The molecule has 0 atom stereocenters. The van der Waals surface area contributed by atoms with Gasteiger partial charge < -0.3 is 4.98 Å². The van der Waals surface area contributed by atoms with E-state index in [9.17, 15) is 10.1 Å². The molecule has 0 fully saturated rings. The average molecular weight is 353 g/mol. The Hall–Kier alpha value is -2.23. The third-order valence-electron chi connectivity index (χ3n) is 4.25. The molecule has 0 radical (unpaired) electrons. The number of nitrogens with one attached hydrogen (secondary N) is 1. The van der Waals surface area contributed by atoms with Gasteiger partial charge in [-0.05, 0) is 56.4 Å². The number of fused-ring (bicyclic) bond motifs is 3. The zero-order valence-electron chi connectivity index (χ0n) is 13.2. The summed E-state index contributed by atoms with van der Waals surface area (Å²) >= 11 is 3.21. The second-order valence-electron chi connectivity index (χ2n) is 5.92. The Bertz CT molecular complexity index is 1060. The lowest BCUT2D eigenvalue weighted by molar-refractivity contribution is 0.700. The fraction of sp³-hybridized carbons (Fsp3) is 0.278. The van der Waals surface area contributed by atoms with Gasteiger partial charge in [-0.3, -0.25) is 4.79 Å². The molecule has 0 bridgehead atoms. The van der Waals surface area contributed by atoms with Gasteiger partial charge in [-0.2, -0.15) is 5.26 Å². The van der Waals surface area contributed by atoms with Gasteiger partial charge in [0.15, 0.2) is 5.82 Å². The molecule has 0 aliphatic heterocycles. The van der Waals surface area contributed by atoms with Crippen LogP contribution < -0.4 is 5.56 Å². The zero-order valence-corrected chi connectivity index (χ0v) is 14.8.